The zero-order chi connectivity index (χ0) is 23.3. The van der Waals surface area contributed by atoms with Crippen LogP contribution in [0.25, 0.3) is 16.9 Å². The Bertz CT molecular complexity index is 1390. The molecule has 0 radical (unpaired) electrons. The average Bonchev–Trinajstić information content (AvgIpc) is 3.58. The van der Waals surface area contributed by atoms with Crippen LogP contribution in [-0.4, -0.2) is 25.7 Å². The van der Waals surface area contributed by atoms with Crippen molar-refractivity contribution in [3.8, 4) is 5.95 Å². The van der Waals surface area contributed by atoms with Crippen molar-refractivity contribution in [2.45, 2.75) is 19.3 Å². The Labute approximate surface area is 185 Å². The number of fused-ring (bicyclic) bond motifs is 1. The number of rotatable bonds is 5. The lowest BCUT2D eigenvalue weighted by molar-refractivity contribution is -0.117. The fraction of sp³-hybridized carbons (Fsp3) is 0.182. The van der Waals surface area contributed by atoms with Gasteiger partial charge in [-0.1, -0.05) is 18.2 Å². The number of carbonyl (C=O) groups excluding carboxylic acids is 1. The molecule has 0 saturated heterocycles. The number of hydrogen-bond donors (Lipinski definition) is 3. The zero-order valence-electron chi connectivity index (χ0n) is 17.1. The van der Waals surface area contributed by atoms with Gasteiger partial charge in [0.2, 0.25) is 5.91 Å². The highest BCUT2D eigenvalue weighted by Crippen LogP contribution is 2.33. The summed E-state index contributed by atoms with van der Waals surface area (Å²) in [5, 5.41) is 7.63. The van der Waals surface area contributed by atoms with Gasteiger partial charge in [0.15, 0.2) is 23.3 Å². The smallest absolute Gasteiger partial charge is 0.255 e. The first-order valence-corrected chi connectivity index (χ1v) is 10.2. The highest BCUT2D eigenvalue weighted by molar-refractivity contribution is 5.98. The van der Waals surface area contributed by atoms with Gasteiger partial charge in [-0.2, -0.15) is 19.7 Å². The summed E-state index contributed by atoms with van der Waals surface area (Å²) in [7, 11) is 0. The number of anilines is 3. The number of hydrogen-bond acceptors (Lipinski definition) is 6. The number of nitrogen functional groups attached to an aromatic ring is 2. The van der Waals surface area contributed by atoms with Crippen molar-refractivity contribution in [2.75, 3.05) is 16.8 Å². The molecule has 2 aromatic carbocycles. The fourth-order valence-corrected chi connectivity index (χ4v) is 3.59. The Morgan fingerprint density at radius 1 is 1.03 bits per heavy atom. The Balaban J connectivity index is 1.57. The fourth-order valence-electron chi connectivity index (χ4n) is 3.59. The summed E-state index contributed by atoms with van der Waals surface area (Å²) in [6.45, 7) is 0. The molecule has 1 saturated carbocycles. The summed E-state index contributed by atoms with van der Waals surface area (Å²) < 4.78 is 43.5. The van der Waals surface area contributed by atoms with E-state index in [0.717, 1.165) is 25.0 Å². The Morgan fingerprint density at radius 2 is 1.70 bits per heavy atom. The lowest BCUT2D eigenvalue weighted by Crippen LogP contribution is -2.18. The first-order valence-electron chi connectivity index (χ1n) is 10.2. The molecule has 1 aliphatic rings. The maximum absolute atomic E-state index is 14.3. The van der Waals surface area contributed by atoms with Gasteiger partial charge in [0.1, 0.15) is 11.5 Å². The van der Waals surface area contributed by atoms with Gasteiger partial charge in [-0.15, -0.1) is 0 Å². The lowest BCUT2D eigenvalue weighted by Gasteiger charge is -2.11. The maximum atomic E-state index is 14.3. The molecule has 33 heavy (non-hydrogen) atoms. The topological polar surface area (TPSA) is 125 Å². The number of amides is 1. The van der Waals surface area contributed by atoms with Crippen molar-refractivity contribution >= 4 is 34.1 Å². The van der Waals surface area contributed by atoms with Gasteiger partial charge in [0, 0.05) is 23.3 Å². The molecule has 2 aromatic heterocycles. The quantitative estimate of drug-likeness (QED) is 0.398. The number of nitrogens with two attached hydrogens (primary N) is 2. The number of nitrogens with one attached hydrogen (secondary N) is 1. The number of aromatic nitrogens is 4. The van der Waals surface area contributed by atoms with Gasteiger partial charge in [0.05, 0.1) is 11.2 Å². The number of nitrogens with zero attached hydrogens (tertiary/aromatic N) is 4. The molecule has 0 bridgehead atoms. The minimum Gasteiger partial charge on any atom is -0.382 e. The molecular formula is C22H18F3N7O. The Hall–Kier alpha value is -4.15. The van der Waals surface area contributed by atoms with E-state index in [1.165, 1.54) is 4.68 Å². The molecule has 0 atom stereocenters. The van der Waals surface area contributed by atoms with E-state index in [0.29, 0.717) is 10.9 Å². The molecule has 2 heterocycles. The standard InChI is InChI=1S/C22H18F3N7O/c23-13-7-8-14(24)17(25)12(13)9-15-11-3-1-2-4-16(11)32(31-15)22-29-19(26)18(20(27)30-22)28-21(33)10-5-6-10/h1-4,7-8,10H,5-6,9H2,(H,28,33)(H4,26,27,29,30). The molecule has 1 aliphatic carbocycles. The Kier molecular flexibility index (Phi) is 4.88. The summed E-state index contributed by atoms with van der Waals surface area (Å²) in [6.07, 6.45) is 1.31. The number of carbonyl (C=O) groups is 1. The molecule has 0 spiro atoms. The van der Waals surface area contributed by atoms with Crippen LogP contribution >= 0.6 is 0 Å². The predicted molar refractivity (Wildman–Crippen MR) is 116 cm³/mol. The van der Waals surface area contributed by atoms with Gasteiger partial charge in [0.25, 0.3) is 5.95 Å². The van der Waals surface area contributed by atoms with Crippen LogP contribution in [0.1, 0.15) is 24.1 Å². The summed E-state index contributed by atoms with van der Waals surface area (Å²) >= 11 is 0. The van der Waals surface area contributed by atoms with Crippen molar-refractivity contribution in [2.24, 2.45) is 5.92 Å². The summed E-state index contributed by atoms with van der Waals surface area (Å²) in [4.78, 5) is 20.5. The monoisotopic (exact) mass is 453 g/mol. The van der Waals surface area contributed by atoms with Gasteiger partial charge in [-0.3, -0.25) is 4.79 Å². The normalized spacial score (nSPS) is 13.4. The number of para-hydroxylation sites is 1. The second-order valence-electron chi connectivity index (χ2n) is 7.81. The second-order valence-corrected chi connectivity index (χ2v) is 7.81. The number of halogens is 3. The predicted octanol–water partition coefficient (Wildman–Crippen LogP) is 3.34. The average molecular weight is 453 g/mol. The number of benzene rings is 2. The molecule has 5 N–H and O–H groups in total. The van der Waals surface area contributed by atoms with Crippen LogP contribution in [0.15, 0.2) is 36.4 Å². The summed E-state index contributed by atoms with van der Waals surface area (Å²) in [5.41, 5.74) is 12.5. The van der Waals surface area contributed by atoms with Crippen molar-refractivity contribution in [3.05, 3.63) is 65.1 Å². The molecule has 4 aromatic rings. The van der Waals surface area contributed by atoms with E-state index in [2.05, 4.69) is 20.4 Å². The van der Waals surface area contributed by atoms with Crippen molar-refractivity contribution < 1.29 is 18.0 Å². The summed E-state index contributed by atoms with van der Waals surface area (Å²) in [5.74, 6) is -3.65. The van der Waals surface area contributed by atoms with Crippen LogP contribution in [0, 0.1) is 23.4 Å². The van der Waals surface area contributed by atoms with E-state index >= 15 is 0 Å². The minimum absolute atomic E-state index is 0.0112. The Morgan fingerprint density at radius 3 is 2.39 bits per heavy atom. The highest BCUT2D eigenvalue weighted by atomic mass is 19.2. The van der Waals surface area contributed by atoms with E-state index in [1.54, 1.807) is 24.3 Å². The van der Waals surface area contributed by atoms with Crippen molar-refractivity contribution in [1.29, 1.82) is 0 Å². The largest absolute Gasteiger partial charge is 0.382 e. The van der Waals surface area contributed by atoms with E-state index in [4.69, 9.17) is 11.5 Å². The molecule has 5 rings (SSSR count). The van der Waals surface area contributed by atoms with E-state index in [9.17, 15) is 18.0 Å². The third-order valence-electron chi connectivity index (χ3n) is 5.49. The second kappa shape index (κ2) is 7.76. The zero-order valence-corrected chi connectivity index (χ0v) is 17.1. The molecule has 8 nitrogen and oxygen atoms in total. The van der Waals surface area contributed by atoms with Crippen molar-refractivity contribution in [3.63, 3.8) is 0 Å². The molecule has 1 fully saturated rings. The third-order valence-corrected chi connectivity index (χ3v) is 5.49. The van der Waals surface area contributed by atoms with Gasteiger partial charge in [-0.25, -0.2) is 13.2 Å². The van der Waals surface area contributed by atoms with Crippen LogP contribution in [-0.2, 0) is 11.2 Å². The molecular weight excluding hydrogens is 435 g/mol. The first kappa shape index (κ1) is 20.7. The van der Waals surface area contributed by atoms with Crippen LogP contribution in [0.5, 0.6) is 0 Å². The third kappa shape index (κ3) is 3.71. The molecule has 0 aliphatic heterocycles. The molecule has 0 unspecified atom stereocenters. The van der Waals surface area contributed by atoms with Gasteiger partial charge >= 0.3 is 0 Å². The van der Waals surface area contributed by atoms with E-state index < -0.39 is 23.0 Å². The molecule has 1 amide bonds. The molecule has 11 heteroatoms. The van der Waals surface area contributed by atoms with E-state index in [1.807, 2.05) is 0 Å². The summed E-state index contributed by atoms with van der Waals surface area (Å²) in [6, 6.07) is 8.49. The molecule has 168 valence electrons. The maximum Gasteiger partial charge on any atom is 0.255 e. The van der Waals surface area contributed by atoms with E-state index in [-0.39, 0.29) is 47.2 Å². The van der Waals surface area contributed by atoms with Crippen molar-refractivity contribution in [1.82, 2.24) is 19.7 Å². The first-order chi connectivity index (χ1) is 15.8. The lowest BCUT2D eigenvalue weighted by atomic mass is 10.1. The van der Waals surface area contributed by atoms with Gasteiger partial charge in [-0.05, 0) is 31.0 Å². The van der Waals surface area contributed by atoms with Crippen LogP contribution in [0.4, 0.5) is 30.5 Å². The minimum atomic E-state index is -1.27. The van der Waals surface area contributed by atoms with Gasteiger partial charge < -0.3 is 16.8 Å². The highest BCUT2D eigenvalue weighted by Gasteiger charge is 2.31. The van der Waals surface area contributed by atoms with Crippen LogP contribution < -0.4 is 16.8 Å². The van der Waals surface area contributed by atoms with Crippen LogP contribution in [0.2, 0.25) is 0 Å². The van der Waals surface area contributed by atoms with Crippen LogP contribution in [0.3, 0.4) is 0 Å². The SMILES string of the molecule is Nc1nc(-n2nc(Cc3c(F)ccc(F)c3F)c3ccccc32)nc(N)c1NC(=O)C1CC1.